The van der Waals surface area contributed by atoms with Gasteiger partial charge in [-0.05, 0) is 24.3 Å². The number of fused-ring (bicyclic) bond motifs is 2. The monoisotopic (exact) mass is 441 g/mol. The zero-order valence-electron chi connectivity index (χ0n) is 14.0. The largest absolute Gasteiger partial charge is 0.288 e. The number of carbonyl (C=O) groups is 2. The molecule has 5 rings (SSSR count). The van der Waals surface area contributed by atoms with Gasteiger partial charge < -0.3 is 0 Å². The van der Waals surface area contributed by atoms with E-state index in [1.807, 2.05) is 36.4 Å². The van der Waals surface area contributed by atoms with Crippen molar-refractivity contribution < 1.29 is 9.59 Å². The van der Waals surface area contributed by atoms with E-state index in [0.717, 1.165) is 25.0 Å². The van der Waals surface area contributed by atoms with Gasteiger partial charge in [0.05, 0.1) is 31.4 Å². The zero-order chi connectivity index (χ0) is 19.4. The van der Waals surface area contributed by atoms with Gasteiger partial charge in [-0.15, -0.1) is 22.7 Å². The van der Waals surface area contributed by atoms with Gasteiger partial charge in [0.1, 0.15) is 9.84 Å². The third-order valence-corrected chi connectivity index (χ3v) is 7.25. The maximum atomic E-state index is 12.7. The Morgan fingerprint density at radius 3 is 2.11 bits per heavy atom. The molecule has 136 valence electrons. The molecule has 2 aromatic heterocycles. The number of benzene rings is 2. The van der Waals surface area contributed by atoms with Crippen LogP contribution in [0.15, 0.2) is 54.1 Å². The van der Waals surface area contributed by atoms with Crippen molar-refractivity contribution >= 4 is 73.0 Å². The predicted octanol–water partition coefficient (Wildman–Crippen LogP) is 6.79. The first-order chi connectivity index (χ1) is 13.5. The van der Waals surface area contributed by atoms with Crippen LogP contribution in [0.3, 0.4) is 0 Å². The molecule has 0 radical (unpaired) electrons. The number of halogens is 2. The summed E-state index contributed by atoms with van der Waals surface area (Å²) in [6.45, 7) is 0. The third kappa shape index (κ3) is 2.74. The highest BCUT2D eigenvalue weighted by Crippen LogP contribution is 2.39. The van der Waals surface area contributed by atoms with Crippen LogP contribution in [-0.4, -0.2) is 16.6 Å². The summed E-state index contributed by atoms with van der Waals surface area (Å²) >= 11 is 15.3. The third-order valence-electron chi connectivity index (χ3n) is 4.46. The molecule has 1 aliphatic rings. The minimum Gasteiger partial charge on any atom is -0.288 e. The van der Waals surface area contributed by atoms with Gasteiger partial charge in [-0.1, -0.05) is 53.5 Å². The van der Waals surface area contributed by atoms with Gasteiger partial charge >= 0.3 is 0 Å². The quantitative estimate of drug-likeness (QED) is 0.254. The van der Waals surface area contributed by atoms with E-state index in [-0.39, 0.29) is 38.3 Å². The molecule has 0 saturated carbocycles. The molecular formula is C21H9Cl2NO2S2. The number of ketones is 2. The molecule has 2 heterocycles. The summed E-state index contributed by atoms with van der Waals surface area (Å²) in [5.74, 6) is -0.774. The van der Waals surface area contributed by atoms with E-state index in [9.17, 15) is 9.59 Å². The van der Waals surface area contributed by atoms with Crippen LogP contribution in [0.4, 0.5) is 0 Å². The van der Waals surface area contributed by atoms with Crippen molar-refractivity contribution in [2.45, 2.75) is 0 Å². The van der Waals surface area contributed by atoms with Crippen LogP contribution in [0, 0.1) is 0 Å². The van der Waals surface area contributed by atoms with Crippen molar-refractivity contribution in [1.29, 1.82) is 0 Å². The lowest BCUT2D eigenvalue weighted by Gasteiger charge is -2.00. The molecular weight excluding hydrogens is 433 g/mol. The van der Waals surface area contributed by atoms with Gasteiger partial charge in [0.25, 0.3) is 0 Å². The summed E-state index contributed by atoms with van der Waals surface area (Å²) in [6, 6.07) is 15.0. The predicted molar refractivity (Wildman–Crippen MR) is 116 cm³/mol. The zero-order valence-corrected chi connectivity index (χ0v) is 17.2. The molecule has 4 aromatic rings. The molecule has 7 heteroatoms. The molecule has 2 aromatic carbocycles. The Morgan fingerprint density at radius 1 is 0.857 bits per heavy atom. The standard InChI is InChI=1S/C21H9Cl2NO2S2/c22-13-6-7-14(23)17-16(13)18(25)12(19(17)26)8-11-9-15-21(27-11)24-20(28-15)10-4-2-1-3-5-10/h1-9H. The summed E-state index contributed by atoms with van der Waals surface area (Å²) < 4.78 is 1.02. The fraction of sp³-hybridized carbons (Fsp3) is 0. The molecule has 0 aliphatic heterocycles. The second-order valence-corrected chi connectivity index (χ2v) is 9.11. The highest BCUT2D eigenvalue weighted by Gasteiger charge is 2.37. The molecule has 0 N–H and O–H groups in total. The Hall–Kier alpha value is -2.31. The average Bonchev–Trinajstić information content (AvgIpc) is 3.32. The maximum absolute atomic E-state index is 12.7. The summed E-state index contributed by atoms with van der Waals surface area (Å²) in [7, 11) is 0. The van der Waals surface area contributed by atoms with E-state index in [0.29, 0.717) is 0 Å². The highest BCUT2D eigenvalue weighted by atomic mass is 35.5. The van der Waals surface area contributed by atoms with E-state index >= 15 is 0 Å². The number of thiophene rings is 1. The van der Waals surface area contributed by atoms with Crippen molar-refractivity contribution in [1.82, 2.24) is 4.98 Å². The van der Waals surface area contributed by atoms with Crippen molar-refractivity contribution in [3.63, 3.8) is 0 Å². The van der Waals surface area contributed by atoms with E-state index in [1.54, 1.807) is 17.4 Å². The van der Waals surface area contributed by atoms with Crippen LogP contribution in [0.25, 0.3) is 26.2 Å². The lowest BCUT2D eigenvalue weighted by Crippen LogP contribution is -2.00. The van der Waals surface area contributed by atoms with Gasteiger partial charge in [0, 0.05) is 10.4 Å². The number of hydrogen-bond donors (Lipinski definition) is 0. The first kappa shape index (κ1) is 17.8. The summed E-state index contributed by atoms with van der Waals surface area (Å²) in [6.07, 6.45) is 1.61. The van der Waals surface area contributed by atoms with Crippen LogP contribution in [0.2, 0.25) is 10.0 Å². The topological polar surface area (TPSA) is 47.0 Å². The lowest BCUT2D eigenvalue weighted by atomic mass is 10.1. The van der Waals surface area contributed by atoms with Gasteiger partial charge in [-0.3, -0.25) is 9.59 Å². The van der Waals surface area contributed by atoms with E-state index in [1.165, 1.54) is 23.5 Å². The SMILES string of the molecule is O=C1C(=Cc2cc3sc(-c4ccccc4)nc3s2)C(=O)c2c(Cl)ccc(Cl)c21. The van der Waals surface area contributed by atoms with Crippen molar-refractivity contribution in [2.24, 2.45) is 0 Å². The van der Waals surface area contributed by atoms with Gasteiger partial charge in [0.2, 0.25) is 0 Å². The fourth-order valence-corrected chi connectivity index (χ4v) is 5.83. The molecule has 0 saturated heterocycles. The molecule has 1 aliphatic carbocycles. The first-order valence-electron chi connectivity index (χ1n) is 8.28. The smallest absolute Gasteiger partial charge is 0.199 e. The summed E-state index contributed by atoms with van der Waals surface area (Å²) in [5.41, 5.74) is 1.53. The van der Waals surface area contributed by atoms with Gasteiger partial charge in [-0.2, -0.15) is 0 Å². The Bertz CT molecular complexity index is 1240. The number of allylic oxidation sites excluding steroid dienone is 1. The van der Waals surface area contributed by atoms with E-state index in [2.05, 4.69) is 4.98 Å². The average molecular weight is 442 g/mol. The van der Waals surface area contributed by atoms with Gasteiger partial charge in [-0.25, -0.2) is 4.98 Å². The number of nitrogens with zero attached hydrogens (tertiary/aromatic N) is 1. The van der Waals surface area contributed by atoms with Crippen molar-refractivity contribution in [2.75, 3.05) is 0 Å². The number of carbonyl (C=O) groups excluding carboxylic acids is 2. The molecule has 0 atom stereocenters. The van der Waals surface area contributed by atoms with Crippen LogP contribution in [-0.2, 0) is 0 Å². The minimum atomic E-state index is -0.387. The minimum absolute atomic E-state index is 0.0854. The second-order valence-electron chi connectivity index (χ2n) is 6.20. The second kappa shape index (κ2) is 6.64. The van der Waals surface area contributed by atoms with Crippen LogP contribution in [0.1, 0.15) is 25.6 Å². The van der Waals surface area contributed by atoms with Crippen LogP contribution in [0.5, 0.6) is 0 Å². The Morgan fingerprint density at radius 2 is 1.50 bits per heavy atom. The molecule has 0 fully saturated rings. The highest BCUT2D eigenvalue weighted by molar-refractivity contribution is 7.29. The summed E-state index contributed by atoms with van der Waals surface area (Å²) in [4.78, 5) is 31.8. The fourth-order valence-electron chi connectivity index (χ4n) is 3.17. The molecule has 0 spiro atoms. The number of hydrogen-bond acceptors (Lipinski definition) is 5. The molecule has 0 unspecified atom stereocenters. The number of thiazole rings is 1. The lowest BCUT2D eigenvalue weighted by molar-refractivity contribution is 0.0990. The normalized spacial score (nSPS) is 13.4. The molecule has 3 nitrogen and oxygen atoms in total. The Balaban J connectivity index is 1.55. The number of Topliss-reactive ketones (excluding diaryl/α,β-unsaturated/α-hetero) is 2. The van der Waals surface area contributed by atoms with Crippen molar-refractivity contribution in [3.8, 4) is 10.6 Å². The number of aromatic nitrogens is 1. The van der Waals surface area contributed by atoms with Gasteiger partial charge in [0.15, 0.2) is 11.6 Å². The van der Waals surface area contributed by atoms with Crippen molar-refractivity contribution in [3.05, 3.63) is 80.2 Å². The Labute approximate surface area is 177 Å². The first-order valence-corrected chi connectivity index (χ1v) is 10.7. The molecule has 0 bridgehead atoms. The molecule has 28 heavy (non-hydrogen) atoms. The van der Waals surface area contributed by atoms with Crippen LogP contribution >= 0.6 is 45.9 Å². The van der Waals surface area contributed by atoms with Crippen LogP contribution < -0.4 is 0 Å². The van der Waals surface area contributed by atoms with E-state index < -0.39 is 0 Å². The number of rotatable bonds is 2. The van der Waals surface area contributed by atoms with E-state index in [4.69, 9.17) is 23.2 Å². The Kier molecular flexibility index (Phi) is 4.21. The maximum Gasteiger partial charge on any atom is 0.199 e. The molecule has 0 amide bonds. The summed E-state index contributed by atoms with van der Waals surface area (Å²) in [5, 5.41) is 1.42.